The third kappa shape index (κ3) is 4.11. The SMILES string of the molecule is CC(C)CCCCNc1ncnc2ccc([N+](=O)[O-])cc12. The largest absolute Gasteiger partial charge is 0.369 e. The number of rotatable bonds is 7. The Balaban J connectivity index is 2.08. The highest BCUT2D eigenvalue weighted by molar-refractivity contribution is 5.90. The second-order valence-corrected chi connectivity index (χ2v) is 5.50. The predicted octanol–water partition coefficient (Wildman–Crippen LogP) is 3.78. The van der Waals surface area contributed by atoms with Crippen molar-refractivity contribution in [2.24, 2.45) is 5.92 Å². The number of hydrogen-bond donors (Lipinski definition) is 1. The number of unbranched alkanes of at least 4 members (excludes halogenated alkanes) is 1. The van der Waals surface area contributed by atoms with Crippen LogP contribution in [0.15, 0.2) is 24.5 Å². The average Bonchev–Trinajstić information content (AvgIpc) is 2.46. The maximum absolute atomic E-state index is 10.9. The molecule has 0 radical (unpaired) electrons. The lowest BCUT2D eigenvalue weighted by Crippen LogP contribution is -2.05. The van der Waals surface area contributed by atoms with Gasteiger partial charge in [-0.3, -0.25) is 10.1 Å². The number of hydrogen-bond acceptors (Lipinski definition) is 5. The standard InChI is InChI=1S/C15H20N4O2/c1-11(2)5-3-4-8-16-15-13-9-12(19(20)21)6-7-14(13)17-10-18-15/h6-7,9-11H,3-5,8H2,1-2H3,(H,16,17,18). The van der Waals surface area contributed by atoms with Crippen LogP contribution in [0.1, 0.15) is 33.1 Å². The number of nitro benzene ring substituents is 1. The molecule has 0 unspecified atom stereocenters. The Hall–Kier alpha value is -2.24. The molecule has 1 aromatic heterocycles. The summed E-state index contributed by atoms with van der Waals surface area (Å²) in [6.07, 6.45) is 4.90. The summed E-state index contributed by atoms with van der Waals surface area (Å²) in [5.74, 6) is 1.38. The first kappa shape index (κ1) is 15.2. The number of aromatic nitrogens is 2. The Kier molecular flexibility index (Phi) is 5.03. The van der Waals surface area contributed by atoms with Gasteiger partial charge in [-0.05, 0) is 18.4 Å². The van der Waals surface area contributed by atoms with E-state index in [9.17, 15) is 10.1 Å². The molecule has 0 bridgehead atoms. The van der Waals surface area contributed by atoms with Crippen LogP contribution in [-0.4, -0.2) is 21.4 Å². The number of benzene rings is 1. The van der Waals surface area contributed by atoms with Crippen molar-refractivity contribution in [1.29, 1.82) is 0 Å². The van der Waals surface area contributed by atoms with Crippen LogP contribution >= 0.6 is 0 Å². The van der Waals surface area contributed by atoms with Crippen LogP contribution in [0, 0.1) is 16.0 Å². The predicted molar refractivity (Wildman–Crippen MR) is 83.4 cm³/mol. The Morgan fingerprint density at radius 1 is 1.29 bits per heavy atom. The lowest BCUT2D eigenvalue weighted by Gasteiger charge is -2.09. The topological polar surface area (TPSA) is 81.0 Å². The van der Waals surface area contributed by atoms with E-state index < -0.39 is 4.92 Å². The van der Waals surface area contributed by atoms with Crippen LogP contribution in [0.25, 0.3) is 10.9 Å². The monoisotopic (exact) mass is 288 g/mol. The highest BCUT2D eigenvalue weighted by Crippen LogP contribution is 2.24. The van der Waals surface area contributed by atoms with Crippen LogP contribution in [0.5, 0.6) is 0 Å². The van der Waals surface area contributed by atoms with Gasteiger partial charge in [-0.1, -0.05) is 26.7 Å². The van der Waals surface area contributed by atoms with Gasteiger partial charge in [0.25, 0.3) is 5.69 Å². The zero-order chi connectivity index (χ0) is 15.2. The van der Waals surface area contributed by atoms with E-state index in [-0.39, 0.29) is 5.69 Å². The third-order valence-corrected chi connectivity index (χ3v) is 3.33. The second-order valence-electron chi connectivity index (χ2n) is 5.50. The van der Waals surface area contributed by atoms with Crippen LogP contribution in [0.3, 0.4) is 0 Å². The Labute approximate surface area is 123 Å². The van der Waals surface area contributed by atoms with Gasteiger partial charge in [-0.2, -0.15) is 0 Å². The molecule has 0 aliphatic rings. The van der Waals surface area contributed by atoms with E-state index >= 15 is 0 Å². The summed E-state index contributed by atoms with van der Waals surface area (Å²) in [7, 11) is 0. The lowest BCUT2D eigenvalue weighted by atomic mass is 10.1. The molecule has 1 heterocycles. The van der Waals surface area contributed by atoms with Gasteiger partial charge in [0.2, 0.25) is 0 Å². The maximum Gasteiger partial charge on any atom is 0.270 e. The summed E-state index contributed by atoms with van der Waals surface area (Å²) in [6.45, 7) is 5.23. The fraction of sp³-hybridized carbons (Fsp3) is 0.467. The first-order valence-corrected chi connectivity index (χ1v) is 7.21. The van der Waals surface area contributed by atoms with E-state index in [2.05, 4.69) is 29.1 Å². The van der Waals surface area contributed by atoms with E-state index in [4.69, 9.17) is 0 Å². The van der Waals surface area contributed by atoms with E-state index in [0.717, 1.165) is 19.4 Å². The molecule has 0 amide bonds. The summed E-state index contributed by atoms with van der Waals surface area (Å²) in [4.78, 5) is 18.8. The minimum atomic E-state index is -0.404. The second kappa shape index (κ2) is 6.97. The summed E-state index contributed by atoms with van der Waals surface area (Å²) in [6, 6.07) is 4.63. The van der Waals surface area contributed by atoms with Crippen molar-refractivity contribution in [3.63, 3.8) is 0 Å². The zero-order valence-corrected chi connectivity index (χ0v) is 12.4. The molecule has 2 rings (SSSR count). The first-order valence-electron chi connectivity index (χ1n) is 7.21. The van der Waals surface area contributed by atoms with Crippen LogP contribution in [0.2, 0.25) is 0 Å². The highest BCUT2D eigenvalue weighted by Gasteiger charge is 2.10. The third-order valence-electron chi connectivity index (χ3n) is 3.33. The summed E-state index contributed by atoms with van der Waals surface area (Å²) < 4.78 is 0. The number of nitrogens with one attached hydrogen (secondary N) is 1. The Morgan fingerprint density at radius 3 is 2.81 bits per heavy atom. The Morgan fingerprint density at radius 2 is 2.10 bits per heavy atom. The van der Waals surface area contributed by atoms with Crippen molar-refractivity contribution in [1.82, 2.24) is 9.97 Å². The first-order chi connectivity index (χ1) is 10.1. The lowest BCUT2D eigenvalue weighted by molar-refractivity contribution is -0.384. The molecule has 0 saturated carbocycles. The maximum atomic E-state index is 10.9. The van der Waals surface area contributed by atoms with Crippen molar-refractivity contribution < 1.29 is 4.92 Å². The van der Waals surface area contributed by atoms with Gasteiger partial charge in [0.1, 0.15) is 12.1 Å². The number of anilines is 1. The highest BCUT2D eigenvalue weighted by atomic mass is 16.6. The van der Waals surface area contributed by atoms with Crippen LogP contribution in [-0.2, 0) is 0 Å². The minimum Gasteiger partial charge on any atom is -0.369 e. The molecule has 0 aliphatic carbocycles. The minimum absolute atomic E-state index is 0.0557. The molecular weight excluding hydrogens is 268 g/mol. The zero-order valence-electron chi connectivity index (χ0n) is 12.4. The molecule has 6 heteroatoms. The van der Waals surface area contributed by atoms with Gasteiger partial charge in [0, 0.05) is 24.1 Å². The summed E-state index contributed by atoms with van der Waals surface area (Å²) in [5, 5.41) is 14.8. The fourth-order valence-corrected chi connectivity index (χ4v) is 2.18. The van der Waals surface area contributed by atoms with Gasteiger partial charge >= 0.3 is 0 Å². The fourth-order valence-electron chi connectivity index (χ4n) is 2.18. The van der Waals surface area contributed by atoms with Crippen molar-refractivity contribution in [3.8, 4) is 0 Å². The van der Waals surface area contributed by atoms with Gasteiger partial charge in [0.05, 0.1) is 10.4 Å². The van der Waals surface area contributed by atoms with Gasteiger partial charge in [-0.25, -0.2) is 9.97 Å². The van der Waals surface area contributed by atoms with Crippen molar-refractivity contribution in [3.05, 3.63) is 34.6 Å². The molecule has 2 aromatic rings. The van der Waals surface area contributed by atoms with Gasteiger partial charge in [0.15, 0.2) is 0 Å². The van der Waals surface area contributed by atoms with Gasteiger partial charge in [-0.15, -0.1) is 0 Å². The Bertz CT molecular complexity index is 628. The molecular formula is C15H20N4O2. The molecule has 0 atom stereocenters. The van der Waals surface area contributed by atoms with E-state index in [1.807, 2.05) is 0 Å². The van der Waals surface area contributed by atoms with E-state index in [0.29, 0.717) is 22.6 Å². The molecule has 0 spiro atoms. The number of non-ortho nitro benzene ring substituents is 1. The normalized spacial score (nSPS) is 11.0. The number of nitro groups is 1. The molecule has 6 nitrogen and oxygen atoms in total. The quantitative estimate of drug-likeness (QED) is 0.476. The van der Waals surface area contributed by atoms with Gasteiger partial charge < -0.3 is 5.32 Å². The molecule has 0 fully saturated rings. The summed E-state index contributed by atoms with van der Waals surface area (Å²) in [5.41, 5.74) is 0.764. The van der Waals surface area contributed by atoms with Crippen LogP contribution in [0.4, 0.5) is 11.5 Å². The van der Waals surface area contributed by atoms with Crippen molar-refractivity contribution >= 4 is 22.4 Å². The van der Waals surface area contributed by atoms with E-state index in [1.165, 1.54) is 24.9 Å². The van der Waals surface area contributed by atoms with Crippen molar-refractivity contribution in [2.75, 3.05) is 11.9 Å². The van der Waals surface area contributed by atoms with Crippen LogP contribution < -0.4 is 5.32 Å². The molecule has 0 saturated heterocycles. The molecule has 21 heavy (non-hydrogen) atoms. The number of fused-ring (bicyclic) bond motifs is 1. The molecule has 0 aliphatic heterocycles. The summed E-state index contributed by atoms with van der Waals surface area (Å²) >= 11 is 0. The van der Waals surface area contributed by atoms with E-state index in [1.54, 1.807) is 6.07 Å². The molecule has 1 aromatic carbocycles. The number of nitrogens with zero attached hydrogens (tertiary/aromatic N) is 3. The van der Waals surface area contributed by atoms with Crippen molar-refractivity contribution in [2.45, 2.75) is 33.1 Å². The molecule has 112 valence electrons. The average molecular weight is 288 g/mol. The smallest absolute Gasteiger partial charge is 0.270 e. The molecule has 1 N–H and O–H groups in total.